The molecule has 104 valence electrons. The van der Waals surface area contributed by atoms with Gasteiger partial charge in [-0.3, -0.25) is 9.59 Å². The molecule has 0 aliphatic carbocycles. The van der Waals surface area contributed by atoms with Crippen LogP contribution in [0.2, 0.25) is 0 Å². The molecule has 1 aromatic heterocycles. The highest BCUT2D eigenvalue weighted by Gasteiger charge is 2.27. The Balaban J connectivity index is 2.00. The van der Waals surface area contributed by atoms with Crippen LogP contribution in [0.15, 0.2) is 12.1 Å². The van der Waals surface area contributed by atoms with Gasteiger partial charge < -0.3 is 14.7 Å². The Morgan fingerprint density at radius 3 is 2.95 bits per heavy atom. The van der Waals surface area contributed by atoms with E-state index >= 15 is 0 Å². The Morgan fingerprint density at radius 1 is 1.53 bits per heavy atom. The molecule has 0 spiro atoms. The number of carbonyl (C=O) groups excluding carboxylic acids is 1. The number of rotatable bonds is 4. The highest BCUT2D eigenvalue weighted by Crippen LogP contribution is 2.20. The number of aryl methyl sites for hydroxylation is 1. The molecule has 0 radical (unpaired) electrons. The molecule has 1 fully saturated rings. The quantitative estimate of drug-likeness (QED) is 0.912. The number of morpholine rings is 1. The Morgan fingerprint density at radius 2 is 2.32 bits per heavy atom. The second-order valence-corrected chi connectivity index (χ2v) is 5.63. The van der Waals surface area contributed by atoms with E-state index in [2.05, 4.69) is 6.92 Å². The van der Waals surface area contributed by atoms with Crippen molar-refractivity contribution in [1.29, 1.82) is 0 Å². The van der Waals surface area contributed by atoms with Crippen LogP contribution in [-0.4, -0.2) is 47.7 Å². The lowest BCUT2D eigenvalue weighted by Gasteiger charge is -2.32. The summed E-state index contributed by atoms with van der Waals surface area (Å²) < 4.78 is 5.36. The van der Waals surface area contributed by atoms with E-state index in [1.807, 2.05) is 12.1 Å². The molecule has 5 nitrogen and oxygen atoms in total. The second-order valence-electron chi connectivity index (χ2n) is 4.46. The van der Waals surface area contributed by atoms with Gasteiger partial charge in [-0.05, 0) is 18.6 Å². The summed E-state index contributed by atoms with van der Waals surface area (Å²) in [5.41, 5.74) is 0. The number of hydrogen-bond donors (Lipinski definition) is 1. The molecule has 0 saturated carbocycles. The first-order valence-electron chi connectivity index (χ1n) is 6.31. The van der Waals surface area contributed by atoms with Gasteiger partial charge in [0.15, 0.2) is 0 Å². The summed E-state index contributed by atoms with van der Waals surface area (Å²) in [5.74, 6) is -0.924. The van der Waals surface area contributed by atoms with Gasteiger partial charge in [-0.1, -0.05) is 6.92 Å². The minimum atomic E-state index is -0.899. The lowest BCUT2D eigenvalue weighted by Crippen LogP contribution is -2.46. The van der Waals surface area contributed by atoms with Crippen molar-refractivity contribution in [1.82, 2.24) is 4.90 Å². The van der Waals surface area contributed by atoms with Crippen LogP contribution >= 0.6 is 11.3 Å². The van der Waals surface area contributed by atoms with E-state index in [1.54, 1.807) is 4.90 Å². The van der Waals surface area contributed by atoms with Crippen LogP contribution in [-0.2, 0) is 16.0 Å². The smallest absolute Gasteiger partial charge is 0.306 e. The van der Waals surface area contributed by atoms with Crippen molar-refractivity contribution in [3.05, 3.63) is 21.9 Å². The van der Waals surface area contributed by atoms with Crippen molar-refractivity contribution in [3.8, 4) is 0 Å². The fourth-order valence-electron chi connectivity index (χ4n) is 2.06. The van der Waals surface area contributed by atoms with Crippen molar-refractivity contribution in [3.63, 3.8) is 0 Å². The van der Waals surface area contributed by atoms with E-state index in [1.165, 1.54) is 16.2 Å². The highest BCUT2D eigenvalue weighted by molar-refractivity contribution is 7.14. The minimum absolute atomic E-state index is 0.0246. The molecule has 0 aromatic carbocycles. The van der Waals surface area contributed by atoms with Crippen LogP contribution in [0.4, 0.5) is 0 Å². The molecule has 2 rings (SSSR count). The zero-order chi connectivity index (χ0) is 13.8. The molecule has 1 amide bonds. The summed E-state index contributed by atoms with van der Waals surface area (Å²) in [6.07, 6.45) is 0.456. The maximum Gasteiger partial charge on any atom is 0.306 e. The SMILES string of the molecule is CCc1ccc(C(=O)N2CCOC(CC(=O)O)C2)s1. The van der Waals surface area contributed by atoms with Crippen LogP contribution in [0.5, 0.6) is 0 Å². The molecular weight excluding hydrogens is 266 g/mol. The normalized spacial score (nSPS) is 19.4. The number of carboxylic acid groups (broad SMARTS) is 1. The molecule has 2 heterocycles. The van der Waals surface area contributed by atoms with Crippen LogP contribution in [0.1, 0.15) is 27.9 Å². The molecule has 1 unspecified atom stereocenters. The van der Waals surface area contributed by atoms with Crippen molar-refractivity contribution >= 4 is 23.2 Å². The predicted octanol–water partition coefficient (Wildman–Crippen LogP) is 1.63. The fourth-order valence-corrected chi connectivity index (χ4v) is 2.98. The molecule has 19 heavy (non-hydrogen) atoms. The molecule has 1 saturated heterocycles. The summed E-state index contributed by atoms with van der Waals surface area (Å²) in [5, 5.41) is 8.76. The fraction of sp³-hybridized carbons (Fsp3) is 0.538. The first-order valence-corrected chi connectivity index (χ1v) is 7.13. The lowest BCUT2D eigenvalue weighted by atomic mass is 10.2. The third-order valence-corrected chi connectivity index (χ3v) is 4.27. The van der Waals surface area contributed by atoms with E-state index in [4.69, 9.17) is 9.84 Å². The summed E-state index contributed by atoms with van der Waals surface area (Å²) in [4.78, 5) is 26.5. The summed E-state index contributed by atoms with van der Waals surface area (Å²) in [6, 6.07) is 3.81. The molecule has 6 heteroatoms. The standard InChI is InChI=1S/C13H17NO4S/c1-2-10-3-4-11(19-10)13(17)14-5-6-18-9(8-14)7-12(15)16/h3-4,9H,2,5-8H2,1H3,(H,15,16). The van der Waals surface area contributed by atoms with Gasteiger partial charge in [-0.2, -0.15) is 0 Å². The number of hydrogen-bond acceptors (Lipinski definition) is 4. The average Bonchev–Trinajstić information content (AvgIpc) is 2.86. The Kier molecular flexibility index (Phi) is 4.55. The van der Waals surface area contributed by atoms with Crippen LogP contribution < -0.4 is 0 Å². The van der Waals surface area contributed by atoms with Crippen LogP contribution in [0.3, 0.4) is 0 Å². The van der Waals surface area contributed by atoms with Crippen molar-refractivity contribution < 1.29 is 19.4 Å². The molecule has 1 atom stereocenters. The number of carboxylic acids is 1. The molecule has 0 bridgehead atoms. The molecule has 1 aliphatic rings. The van der Waals surface area contributed by atoms with Gasteiger partial charge in [-0.25, -0.2) is 0 Å². The second kappa shape index (κ2) is 6.16. The molecule has 1 aliphatic heterocycles. The Labute approximate surface area is 115 Å². The zero-order valence-electron chi connectivity index (χ0n) is 10.8. The predicted molar refractivity (Wildman–Crippen MR) is 71.6 cm³/mol. The number of ether oxygens (including phenoxy) is 1. The first kappa shape index (κ1) is 14.0. The third-order valence-electron chi connectivity index (χ3n) is 3.05. The molecular formula is C13H17NO4S. The van der Waals surface area contributed by atoms with Crippen molar-refractivity contribution in [2.45, 2.75) is 25.9 Å². The Hall–Kier alpha value is -1.40. The van der Waals surface area contributed by atoms with E-state index in [0.29, 0.717) is 24.6 Å². The van der Waals surface area contributed by atoms with Crippen LogP contribution in [0, 0.1) is 0 Å². The molecule has 1 aromatic rings. The van der Waals surface area contributed by atoms with E-state index < -0.39 is 12.1 Å². The van der Waals surface area contributed by atoms with Gasteiger partial charge in [0.1, 0.15) is 0 Å². The highest BCUT2D eigenvalue weighted by atomic mass is 32.1. The zero-order valence-corrected chi connectivity index (χ0v) is 11.6. The van der Waals surface area contributed by atoms with Crippen LogP contribution in [0.25, 0.3) is 0 Å². The lowest BCUT2D eigenvalue weighted by molar-refractivity contribution is -0.141. The number of nitrogens with zero attached hydrogens (tertiary/aromatic N) is 1. The summed E-state index contributed by atoms with van der Waals surface area (Å²) >= 11 is 1.50. The number of thiophene rings is 1. The van der Waals surface area contributed by atoms with Gasteiger partial charge in [0, 0.05) is 18.0 Å². The Bertz CT molecular complexity index is 471. The maximum atomic E-state index is 12.3. The topological polar surface area (TPSA) is 66.8 Å². The number of aliphatic carboxylic acids is 1. The van der Waals surface area contributed by atoms with E-state index in [9.17, 15) is 9.59 Å². The monoisotopic (exact) mass is 283 g/mol. The summed E-state index contributed by atoms with van der Waals surface area (Å²) in [6.45, 7) is 3.33. The van der Waals surface area contributed by atoms with Gasteiger partial charge in [0.25, 0.3) is 5.91 Å². The van der Waals surface area contributed by atoms with Gasteiger partial charge >= 0.3 is 5.97 Å². The van der Waals surface area contributed by atoms with Crippen molar-refractivity contribution in [2.75, 3.05) is 19.7 Å². The van der Waals surface area contributed by atoms with Gasteiger partial charge in [0.05, 0.1) is 24.0 Å². The molecule has 1 N–H and O–H groups in total. The van der Waals surface area contributed by atoms with Gasteiger partial charge in [-0.15, -0.1) is 11.3 Å². The average molecular weight is 283 g/mol. The minimum Gasteiger partial charge on any atom is -0.481 e. The number of carbonyl (C=O) groups is 2. The van der Waals surface area contributed by atoms with E-state index in [0.717, 1.165) is 6.42 Å². The largest absolute Gasteiger partial charge is 0.481 e. The van der Waals surface area contributed by atoms with Gasteiger partial charge in [0.2, 0.25) is 0 Å². The third kappa shape index (κ3) is 3.54. The van der Waals surface area contributed by atoms with E-state index in [-0.39, 0.29) is 12.3 Å². The summed E-state index contributed by atoms with van der Waals surface area (Å²) in [7, 11) is 0. The first-order chi connectivity index (χ1) is 9.10. The maximum absolute atomic E-state index is 12.3. The van der Waals surface area contributed by atoms with Crippen molar-refractivity contribution in [2.24, 2.45) is 0 Å². The number of amides is 1.